The molecule has 0 saturated carbocycles. The van der Waals surface area contributed by atoms with Gasteiger partial charge in [-0.15, -0.1) is 0 Å². The number of rotatable bonds is 4. The topological polar surface area (TPSA) is 17.1 Å². The number of hydrogen-bond donors (Lipinski definition) is 0. The van der Waals surface area contributed by atoms with Gasteiger partial charge in [-0.25, -0.2) is 0 Å². The van der Waals surface area contributed by atoms with Gasteiger partial charge in [-0.1, -0.05) is 37.5 Å². The summed E-state index contributed by atoms with van der Waals surface area (Å²) in [4.78, 5) is 10.7. The maximum absolute atomic E-state index is 10.7. The number of carbonyl (C=O) groups excluding carboxylic acids is 1. The molecule has 0 unspecified atom stereocenters. The molecule has 0 aromatic rings. The van der Waals surface area contributed by atoms with Crippen LogP contribution in [0.1, 0.15) is 0 Å². The van der Waals surface area contributed by atoms with Crippen LogP contribution in [-0.2, 0) is 4.79 Å². The van der Waals surface area contributed by atoms with E-state index in [1.165, 1.54) is 12.2 Å². The van der Waals surface area contributed by atoms with Crippen LogP contribution < -0.4 is 0 Å². The summed E-state index contributed by atoms with van der Waals surface area (Å²) in [6.45, 7) is 6.86. The molecule has 0 aliphatic heterocycles. The Balaban J connectivity index is 3.85. The minimum atomic E-state index is -0.0557. The van der Waals surface area contributed by atoms with E-state index in [9.17, 15) is 4.79 Å². The zero-order valence-electron chi connectivity index (χ0n) is 5.79. The fourth-order valence-corrected chi connectivity index (χ4v) is 0.381. The molecule has 0 N–H and O–H groups in total. The molecule has 0 aromatic heterocycles. The highest BCUT2D eigenvalue weighted by atomic mass is 16.1. The van der Waals surface area contributed by atoms with E-state index in [-0.39, 0.29) is 5.78 Å². The Kier molecular flexibility index (Phi) is 4.97. The van der Waals surface area contributed by atoms with Gasteiger partial charge in [-0.05, 0) is 12.2 Å². The molecule has 0 aliphatic rings. The zero-order chi connectivity index (χ0) is 7.82. The van der Waals surface area contributed by atoms with E-state index < -0.39 is 0 Å². The molecule has 0 radical (unpaired) electrons. The third-order valence-electron chi connectivity index (χ3n) is 0.793. The minimum absolute atomic E-state index is 0.0557. The van der Waals surface area contributed by atoms with Crippen LogP contribution in [0.2, 0.25) is 0 Å². The maximum atomic E-state index is 10.7. The Morgan fingerprint density at radius 1 is 1.00 bits per heavy atom. The summed E-state index contributed by atoms with van der Waals surface area (Å²) >= 11 is 0. The molecule has 0 saturated heterocycles. The quantitative estimate of drug-likeness (QED) is 0.424. The monoisotopic (exact) mass is 134 g/mol. The van der Waals surface area contributed by atoms with Crippen molar-refractivity contribution in [2.75, 3.05) is 0 Å². The summed E-state index contributed by atoms with van der Waals surface area (Å²) in [6, 6.07) is 0. The third kappa shape index (κ3) is 4.78. The van der Waals surface area contributed by atoms with Gasteiger partial charge in [0.1, 0.15) is 0 Å². The maximum Gasteiger partial charge on any atom is 0.178 e. The van der Waals surface area contributed by atoms with Crippen LogP contribution in [0.3, 0.4) is 0 Å². The van der Waals surface area contributed by atoms with Gasteiger partial charge >= 0.3 is 0 Å². The van der Waals surface area contributed by atoms with Crippen molar-refractivity contribution in [1.82, 2.24) is 0 Å². The van der Waals surface area contributed by atoms with E-state index >= 15 is 0 Å². The molecule has 52 valence electrons. The van der Waals surface area contributed by atoms with Gasteiger partial charge in [-0.2, -0.15) is 0 Å². The van der Waals surface area contributed by atoms with E-state index in [0.29, 0.717) is 0 Å². The van der Waals surface area contributed by atoms with Gasteiger partial charge in [0.2, 0.25) is 0 Å². The molecule has 0 aromatic carbocycles. The van der Waals surface area contributed by atoms with Crippen molar-refractivity contribution >= 4 is 5.78 Å². The summed E-state index contributed by atoms with van der Waals surface area (Å²) in [7, 11) is 0. The number of carbonyl (C=O) groups is 1. The second kappa shape index (κ2) is 5.76. The molecule has 0 rings (SSSR count). The molecule has 0 fully saturated rings. The Labute approximate surface area is 61.1 Å². The Hall–Kier alpha value is -1.37. The SMILES string of the molecule is C=CC=CC(=O)C=CC=C. The summed E-state index contributed by atoms with van der Waals surface area (Å²) in [5, 5.41) is 0. The molecule has 0 bridgehead atoms. The molecular formula is C9H10O. The van der Waals surface area contributed by atoms with Crippen molar-refractivity contribution in [2.45, 2.75) is 0 Å². The van der Waals surface area contributed by atoms with Gasteiger partial charge in [0, 0.05) is 0 Å². The Morgan fingerprint density at radius 2 is 1.40 bits per heavy atom. The standard InChI is InChI=1S/C9H10O/c1-3-5-7-9(10)8-6-4-2/h3-8H,1-2H2. The summed E-state index contributed by atoms with van der Waals surface area (Å²) in [5.74, 6) is -0.0557. The van der Waals surface area contributed by atoms with Crippen LogP contribution >= 0.6 is 0 Å². The molecule has 1 heteroatoms. The van der Waals surface area contributed by atoms with E-state index in [1.807, 2.05) is 0 Å². The fourth-order valence-electron chi connectivity index (χ4n) is 0.381. The third-order valence-corrected chi connectivity index (χ3v) is 0.793. The molecule has 0 aliphatic carbocycles. The predicted molar refractivity (Wildman–Crippen MR) is 43.7 cm³/mol. The summed E-state index contributed by atoms with van der Waals surface area (Å²) in [5.41, 5.74) is 0. The largest absolute Gasteiger partial charge is 0.290 e. The molecule has 0 atom stereocenters. The predicted octanol–water partition coefficient (Wildman–Crippen LogP) is 2.04. The summed E-state index contributed by atoms with van der Waals surface area (Å²) in [6.07, 6.45) is 9.17. The average Bonchev–Trinajstić information content (AvgIpc) is 1.97. The minimum Gasteiger partial charge on any atom is -0.290 e. The van der Waals surface area contributed by atoms with E-state index in [0.717, 1.165) is 0 Å². The first-order chi connectivity index (χ1) is 4.81. The normalized spacial score (nSPS) is 10.4. The lowest BCUT2D eigenvalue weighted by Gasteiger charge is -1.76. The molecule has 1 nitrogen and oxygen atoms in total. The lowest BCUT2D eigenvalue weighted by atomic mass is 10.3. The first-order valence-electron chi connectivity index (χ1n) is 2.93. The van der Waals surface area contributed by atoms with Crippen LogP contribution in [0, 0.1) is 0 Å². The van der Waals surface area contributed by atoms with Gasteiger partial charge in [0.25, 0.3) is 0 Å². The second-order valence-corrected chi connectivity index (χ2v) is 1.59. The lowest BCUT2D eigenvalue weighted by Crippen LogP contribution is -1.82. The first-order valence-corrected chi connectivity index (χ1v) is 2.93. The van der Waals surface area contributed by atoms with Gasteiger partial charge in [-0.3, -0.25) is 4.79 Å². The fraction of sp³-hybridized carbons (Fsp3) is 0. The average molecular weight is 134 g/mol. The molecule has 10 heavy (non-hydrogen) atoms. The van der Waals surface area contributed by atoms with Crippen LogP contribution in [-0.4, -0.2) is 5.78 Å². The van der Waals surface area contributed by atoms with E-state index in [2.05, 4.69) is 13.2 Å². The summed E-state index contributed by atoms with van der Waals surface area (Å²) < 4.78 is 0. The molecule has 0 amide bonds. The molecule has 0 spiro atoms. The van der Waals surface area contributed by atoms with Crippen molar-refractivity contribution in [3.8, 4) is 0 Å². The smallest absolute Gasteiger partial charge is 0.178 e. The van der Waals surface area contributed by atoms with Gasteiger partial charge in [0.15, 0.2) is 5.78 Å². The number of allylic oxidation sites excluding steroid dienone is 6. The lowest BCUT2D eigenvalue weighted by molar-refractivity contribution is -0.110. The van der Waals surface area contributed by atoms with Crippen LogP contribution in [0.4, 0.5) is 0 Å². The first kappa shape index (κ1) is 8.63. The Morgan fingerprint density at radius 3 is 1.70 bits per heavy atom. The molecular weight excluding hydrogens is 124 g/mol. The van der Waals surface area contributed by atoms with Crippen molar-refractivity contribution in [2.24, 2.45) is 0 Å². The highest BCUT2D eigenvalue weighted by Crippen LogP contribution is 1.81. The zero-order valence-corrected chi connectivity index (χ0v) is 5.79. The molecule has 0 heterocycles. The number of ketones is 1. The van der Waals surface area contributed by atoms with Crippen molar-refractivity contribution in [3.05, 3.63) is 49.6 Å². The van der Waals surface area contributed by atoms with Crippen molar-refractivity contribution < 1.29 is 4.79 Å². The van der Waals surface area contributed by atoms with Crippen LogP contribution in [0.15, 0.2) is 49.6 Å². The highest BCUT2D eigenvalue weighted by molar-refractivity contribution is 5.99. The van der Waals surface area contributed by atoms with Crippen molar-refractivity contribution in [1.29, 1.82) is 0 Å². The van der Waals surface area contributed by atoms with Gasteiger partial charge < -0.3 is 0 Å². The number of hydrogen-bond acceptors (Lipinski definition) is 1. The van der Waals surface area contributed by atoms with Crippen LogP contribution in [0.5, 0.6) is 0 Å². The second-order valence-electron chi connectivity index (χ2n) is 1.59. The van der Waals surface area contributed by atoms with E-state index in [4.69, 9.17) is 0 Å². The Bertz CT molecular complexity index is 165. The van der Waals surface area contributed by atoms with Crippen LogP contribution in [0.25, 0.3) is 0 Å². The van der Waals surface area contributed by atoms with E-state index in [1.54, 1.807) is 24.3 Å². The van der Waals surface area contributed by atoms with Gasteiger partial charge in [0.05, 0.1) is 0 Å². The highest BCUT2D eigenvalue weighted by Gasteiger charge is 1.82. The van der Waals surface area contributed by atoms with Crippen molar-refractivity contribution in [3.63, 3.8) is 0 Å².